The molecule has 0 heterocycles. The quantitative estimate of drug-likeness (QED) is 0.338. The fourth-order valence-corrected chi connectivity index (χ4v) is 4.56. The van der Waals surface area contributed by atoms with Gasteiger partial charge in [-0.25, -0.2) is 12.1 Å². The third-order valence-corrected chi connectivity index (χ3v) is 6.39. The van der Waals surface area contributed by atoms with Crippen molar-refractivity contribution in [3.8, 4) is 11.1 Å². The van der Waals surface area contributed by atoms with E-state index in [0.717, 1.165) is 12.3 Å². The van der Waals surface area contributed by atoms with Gasteiger partial charge in [0.25, 0.3) is 0 Å². The molecule has 0 N–H and O–H groups in total. The first-order chi connectivity index (χ1) is 13.3. The maximum atomic E-state index is 3.30. The van der Waals surface area contributed by atoms with Crippen molar-refractivity contribution in [1.29, 1.82) is 0 Å². The van der Waals surface area contributed by atoms with Crippen molar-refractivity contribution < 1.29 is 49.0 Å². The fraction of sp³-hybridized carbons (Fsp3) is 0.308. The van der Waals surface area contributed by atoms with Crippen molar-refractivity contribution in [1.82, 2.24) is 0 Å². The molecule has 0 bridgehead atoms. The molecular weight excluding hydrogens is 474 g/mol. The Bertz CT molecular complexity index is 773. The average molecular weight is 503 g/mol. The minimum Gasteiger partial charge on any atom is -1.00 e. The predicted molar refractivity (Wildman–Crippen MR) is 113 cm³/mol. The summed E-state index contributed by atoms with van der Waals surface area (Å²) in [7, 11) is 0. The molecule has 29 heavy (non-hydrogen) atoms. The van der Waals surface area contributed by atoms with E-state index in [0.29, 0.717) is 0 Å². The zero-order valence-corrected chi connectivity index (χ0v) is 21.0. The van der Waals surface area contributed by atoms with E-state index < -0.39 is 0 Å². The van der Waals surface area contributed by atoms with Gasteiger partial charge in [0.1, 0.15) is 0 Å². The van der Waals surface area contributed by atoms with Crippen molar-refractivity contribution in [2.24, 2.45) is 5.92 Å². The van der Waals surface area contributed by atoms with Gasteiger partial charge >= 0.3 is 72.4 Å². The standard InChI is InChI=1S/C13H9.C8H14.C5H5.2ClH.Zr/c1-3-7-12-10(5-1)9-11-6-2-4-8-13(11)12;1-2-8-6-4-3-5-7-8;1-2-4-5-3-1;;;/h1-5,7-8H,9H2;8H,3-7H2,1H3;1-5H;2*1H;/q-1;;-1;;;+2/p-2. The molecule has 152 valence electrons. The molecule has 3 aromatic rings. The molecule has 3 heteroatoms. The maximum Gasteiger partial charge on any atom is -0.0253 e. The smallest absolute Gasteiger partial charge is 0.0253 e. The Morgan fingerprint density at radius 3 is 2.14 bits per heavy atom. The fourth-order valence-electron chi connectivity index (χ4n) is 3.85. The molecule has 0 amide bonds. The molecule has 0 aromatic heterocycles. The van der Waals surface area contributed by atoms with E-state index in [9.17, 15) is 0 Å². The summed E-state index contributed by atoms with van der Waals surface area (Å²) in [5.74, 6) is 1.01. The number of halogens is 2. The van der Waals surface area contributed by atoms with Crippen LogP contribution < -0.4 is 24.8 Å². The molecule has 2 aliphatic carbocycles. The second-order valence-corrected chi connectivity index (χ2v) is 9.32. The first kappa shape index (κ1) is 26.2. The van der Waals surface area contributed by atoms with Gasteiger partial charge in [0.05, 0.1) is 0 Å². The summed E-state index contributed by atoms with van der Waals surface area (Å²) in [4.78, 5) is 0. The number of fused-ring (bicyclic) bond motifs is 3. The molecule has 5 rings (SSSR count). The Morgan fingerprint density at radius 1 is 0.897 bits per heavy atom. The second-order valence-electron chi connectivity index (χ2n) is 7.38. The Hall–Kier alpha value is -0.877. The first-order valence-corrected chi connectivity index (χ1v) is 11.3. The van der Waals surface area contributed by atoms with E-state index in [1.165, 1.54) is 54.4 Å². The van der Waals surface area contributed by atoms with Crippen LogP contribution in [0.25, 0.3) is 11.1 Å². The van der Waals surface area contributed by atoms with Crippen molar-refractivity contribution in [3.05, 3.63) is 90.0 Å². The molecule has 3 aromatic carbocycles. The van der Waals surface area contributed by atoms with Gasteiger partial charge in [0, 0.05) is 0 Å². The molecule has 0 aliphatic heterocycles. The Kier molecular flexibility index (Phi) is 12.8. The van der Waals surface area contributed by atoms with Crippen LogP contribution in [0.3, 0.4) is 0 Å². The van der Waals surface area contributed by atoms with Crippen LogP contribution >= 0.6 is 0 Å². The molecule has 0 spiro atoms. The van der Waals surface area contributed by atoms with Gasteiger partial charge in [-0.2, -0.15) is 48.0 Å². The van der Waals surface area contributed by atoms with E-state index in [1.807, 2.05) is 36.4 Å². The first-order valence-electron chi connectivity index (χ1n) is 10.1. The second kappa shape index (κ2) is 14.2. The molecule has 0 radical (unpaired) electrons. The average Bonchev–Trinajstić information content (AvgIpc) is 3.41. The predicted octanol–water partition coefficient (Wildman–Crippen LogP) is 0.777. The summed E-state index contributed by atoms with van der Waals surface area (Å²) >= 11 is 1.66. The maximum absolute atomic E-state index is 3.30. The molecular formula is C26H28Cl2Zr-2. The Balaban J connectivity index is 0.000000231. The SMILES string of the molecule is C[C](=[Zr+2])C1CCCCC1.[Cl-].[Cl-].[c-]1cccc2c1Cc1ccccc1-2.c1cc[cH-]c1. The summed E-state index contributed by atoms with van der Waals surface area (Å²) in [5, 5.41) is 0. The van der Waals surface area contributed by atoms with E-state index >= 15 is 0 Å². The van der Waals surface area contributed by atoms with Gasteiger partial charge in [-0.15, -0.1) is 5.56 Å². The van der Waals surface area contributed by atoms with Gasteiger partial charge in [0.2, 0.25) is 0 Å². The number of hydrogen-bond donors (Lipinski definition) is 0. The molecule has 0 saturated heterocycles. The zero-order valence-electron chi connectivity index (χ0n) is 17.0. The van der Waals surface area contributed by atoms with Crippen LogP contribution in [0.2, 0.25) is 0 Å². The molecule has 0 unspecified atom stereocenters. The minimum atomic E-state index is 0. The van der Waals surface area contributed by atoms with E-state index in [2.05, 4.69) is 49.4 Å². The summed E-state index contributed by atoms with van der Waals surface area (Å²) < 4.78 is 1.74. The molecule has 2 aliphatic rings. The van der Waals surface area contributed by atoms with Gasteiger partial charge < -0.3 is 24.8 Å². The number of rotatable bonds is 1. The topological polar surface area (TPSA) is 0 Å². The van der Waals surface area contributed by atoms with E-state index in [-0.39, 0.29) is 24.8 Å². The van der Waals surface area contributed by atoms with Crippen LogP contribution in [0.4, 0.5) is 0 Å². The van der Waals surface area contributed by atoms with Crippen LogP contribution in [-0.4, -0.2) is 3.21 Å². The monoisotopic (exact) mass is 500 g/mol. The number of benzene rings is 2. The van der Waals surface area contributed by atoms with E-state index in [1.54, 1.807) is 27.4 Å². The van der Waals surface area contributed by atoms with Gasteiger partial charge in [0.15, 0.2) is 0 Å². The van der Waals surface area contributed by atoms with Crippen molar-refractivity contribution in [2.75, 3.05) is 0 Å². The van der Waals surface area contributed by atoms with Crippen molar-refractivity contribution >= 4 is 3.21 Å². The van der Waals surface area contributed by atoms with Crippen molar-refractivity contribution in [3.63, 3.8) is 0 Å². The molecule has 0 atom stereocenters. The molecule has 0 nitrogen and oxygen atoms in total. The van der Waals surface area contributed by atoms with Crippen molar-refractivity contribution in [2.45, 2.75) is 45.4 Å². The van der Waals surface area contributed by atoms with Gasteiger partial charge in [-0.05, 0) is 6.42 Å². The van der Waals surface area contributed by atoms with Crippen LogP contribution in [0.1, 0.15) is 50.2 Å². The summed E-state index contributed by atoms with van der Waals surface area (Å²) in [6.45, 7) is 2.31. The Labute approximate surface area is 203 Å². The summed E-state index contributed by atoms with van der Waals surface area (Å²) in [6, 6.07) is 28.1. The van der Waals surface area contributed by atoms with Gasteiger partial charge in [-0.3, -0.25) is 0 Å². The van der Waals surface area contributed by atoms with Crippen LogP contribution in [0.15, 0.2) is 72.8 Å². The third-order valence-electron chi connectivity index (χ3n) is 5.39. The normalized spacial score (nSPS) is 13.8. The Morgan fingerprint density at radius 2 is 1.55 bits per heavy atom. The minimum absolute atomic E-state index is 0. The molecule has 1 saturated carbocycles. The van der Waals surface area contributed by atoms with Crippen LogP contribution in [0, 0.1) is 12.0 Å². The third kappa shape index (κ3) is 8.05. The van der Waals surface area contributed by atoms with Crippen LogP contribution in [0.5, 0.6) is 0 Å². The largest absolute Gasteiger partial charge is 1.00 e. The zero-order chi connectivity index (χ0) is 18.9. The molecule has 1 fully saturated rings. The summed E-state index contributed by atoms with van der Waals surface area (Å²) in [6.07, 6.45) is 8.47. The van der Waals surface area contributed by atoms with Gasteiger partial charge in [-0.1, -0.05) is 35.4 Å². The summed E-state index contributed by atoms with van der Waals surface area (Å²) in [5.41, 5.74) is 5.51. The number of hydrogen-bond acceptors (Lipinski definition) is 0. The van der Waals surface area contributed by atoms with E-state index in [4.69, 9.17) is 0 Å². The van der Waals surface area contributed by atoms with Crippen LogP contribution in [-0.2, 0) is 30.7 Å².